The van der Waals surface area contributed by atoms with Crippen molar-refractivity contribution in [1.82, 2.24) is 0 Å². The van der Waals surface area contributed by atoms with Crippen molar-refractivity contribution in [3.63, 3.8) is 0 Å². The zero-order valence-electron chi connectivity index (χ0n) is 5.62. The van der Waals surface area contributed by atoms with E-state index in [1.165, 1.54) is 11.8 Å². The molecule has 58 valence electrons. The van der Waals surface area contributed by atoms with Gasteiger partial charge in [0.2, 0.25) is 10.4 Å². The molecule has 0 aliphatic rings. The summed E-state index contributed by atoms with van der Waals surface area (Å²) in [6, 6.07) is 0. The lowest BCUT2D eigenvalue weighted by atomic mass is 10.8. The molecule has 0 aliphatic carbocycles. The highest BCUT2D eigenvalue weighted by molar-refractivity contribution is 8.38. The highest BCUT2D eigenvalue weighted by Crippen LogP contribution is 2.14. The molecule has 5 heteroatoms. The van der Waals surface area contributed by atoms with E-state index in [1.54, 1.807) is 0 Å². The van der Waals surface area contributed by atoms with Crippen LogP contribution in [-0.4, -0.2) is 21.9 Å². The lowest BCUT2D eigenvalue weighted by Gasteiger charge is -1.93. The molecule has 3 nitrogen and oxygen atoms in total. The predicted octanol–water partition coefficient (Wildman–Crippen LogP) is 1.08. The molecule has 0 aromatic carbocycles. The monoisotopic (exact) mass is 179 g/mol. The summed E-state index contributed by atoms with van der Waals surface area (Å²) in [5.41, 5.74) is 4.82. The van der Waals surface area contributed by atoms with Crippen molar-refractivity contribution in [2.24, 2.45) is 5.73 Å². The third-order valence-electron chi connectivity index (χ3n) is 0.594. The standard InChI is InChI=1S/C5H9NO2S2/c1-2-9-5(8)10-3-4(6)7/h2-3H2,1H3,(H2,6,7). The molecule has 0 fully saturated rings. The minimum atomic E-state index is -0.449. The van der Waals surface area contributed by atoms with E-state index in [9.17, 15) is 9.59 Å². The first-order chi connectivity index (χ1) is 4.66. The predicted molar refractivity (Wildman–Crippen MR) is 45.2 cm³/mol. The van der Waals surface area contributed by atoms with E-state index >= 15 is 0 Å². The van der Waals surface area contributed by atoms with Crippen LogP contribution in [0.25, 0.3) is 0 Å². The van der Waals surface area contributed by atoms with Gasteiger partial charge in [-0.1, -0.05) is 30.4 Å². The fraction of sp³-hybridized carbons (Fsp3) is 0.600. The second-order valence-corrected chi connectivity index (χ2v) is 3.88. The van der Waals surface area contributed by atoms with E-state index in [4.69, 9.17) is 5.73 Å². The van der Waals surface area contributed by atoms with E-state index in [1.807, 2.05) is 6.92 Å². The number of hydrogen-bond acceptors (Lipinski definition) is 4. The molecular weight excluding hydrogens is 170 g/mol. The van der Waals surface area contributed by atoms with Crippen molar-refractivity contribution in [3.8, 4) is 0 Å². The van der Waals surface area contributed by atoms with Gasteiger partial charge in [-0.25, -0.2) is 0 Å². The molecule has 0 saturated heterocycles. The average molecular weight is 179 g/mol. The Hall–Kier alpha value is -0.160. The molecule has 0 saturated carbocycles. The summed E-state index contributed by atoms with van der Waals surface area (Å²) in [7, 11) is 0. The number of primary amides is 1. The van der Waals surface area contributed by atoms with Gasteiger partial charge in [-0.05, 0) is 5.75 Å². The van der Waals surface area contributed by atoms with Crippen LogP contribution in [0.4, 0.5) is 4.79 Å². The Morgan fingerprint density at radius 2 is 2.00 bits per heavy atom. The molecule has 0 atom stereocenters. The van der Waals surface area contributed by atoms with Gasteiger partial charge in [0.25, 0.3) is 0 Å². The second-order valence-electron chi connectivity index (χ2n) is 1.44. The highest BCUT2D eigenvalue weighted by Gasteiger charge is 2.03. The minimum Gasteiger partial charge on any atom is -0.369 e. The molecule has 0 unspecified atom stereocenters. The summed E-state index contributed by atoms with van der Waals surface area (Å²) >= 11 is 2.15. The first kappa shape index (κ1) is 9.84. The maximum atomic E-state index is 10.7. The zero-order chi connectivity index (χ0) is 7.98. The number of nitrogens with two attached hydrogens (primary N) is 1. The number of rotatable bonds is 3. The third-order valence-corrected chi connectivity index (χ3v) is 2.49. The van der Waals surface area contributed by atoms with Crippen molar-refractivity contribution in [3.05, 3.63) is 0 Å². The Balaban J connectivity index is 3.30. The minimum absolute atomic E-state index is 0.0405. The van der Waals surface area contributed by atoms with Crippen molar-refractivity contribution in [1.29, 1.82) is 0 Å². The van der Waals surface area contributed by atoms with Crippen LogP contribution < -0.4 is 5.73 Å². The molecule has 1 amide bonds. The molecule has 10 heavy (non-hydrogen) atoms. The van der Waals surface area contributed by atoms with Crippen LogP contribution in [0.2, 0.25) is 0 Å². The van der Waals surface area contributed by atoms with Gasteiger partial charge in [0, 0.05) is 0 Å². The van der Waals surface area contributed by atoms with E-state index in [2.05, 4.69) is 0 Å². The Kier molecular flexibility index (Phi) is 5.52. The molecule has 0 heterocycles. The molecule has 0 aromatic rings. The number of thioether (sulfide) groups is 2. The first-order valence-corrected chi connectivity index (χ1v) is 4.71. The van der Waals surface area contributed by atoms with Crippen LogP contribution in [0.15, 0.2) is 0 Å². The van der Waals surface area contributed by atoms with Crippen molar-refractivity contribution in [2.45, 2.75) is 6.92 Å². The van der Waals surface area contributed by atoms with Gasteiger partial charge in [-0.3, -0.25) is 9.59 Å². The van der Waals surface area contributed by atoms with Gasteiger partial charge in [-0.2, -0.15) is 0 Å². The fourth-order valence-corrected chi connectivity index (χ4v) is 1.65. The number of carbonyl (C=O) groups is 2. The molecule has 0 spiro atoms. The molecule has 0 bridgehead atoms. The second kappa shape index (κ2) is 5.61. The Morgan fingerprint density at radius 3 is 2.40 bits per heavy atom. The van der Waals surface area contributed by atoms with E-state index in [0.717, 1.165) is 17.5 Å². The number of carbonyl (C=O) groups excluding carboxylic acids is 2. The van der Waals surface area contributed by atoms with Gasteiger partial charge < -0.3 is 5.73 Å². The van der Waals surface area contributed by atoms with Gasteiger partial charge in [-0.15, -0.1) is 0 Å². The van der Waals surface area contributed by atoms with Gasteiger partial charge in [0.05, 0.1) is 5.75 Å². The summed E-state index contributed by atoms with van der Waals surface area (Å²) in [5.74, 6) is 0.381. The Labute approximate surface area is 68.1 Å². The van der Waals surface area contributed by atoms with Crippen LogP contribution in [0.3, 0.4) is 0 Å². The maximum Gasteiger partial charge on any atom is 0.246 e. The molecule has 2 N–H and O–H groups in total. The number of amides is 1. The van der Waals surface area contributed by atoms with Gasteiger partial charge >= 0.3 is 0 Å². The van der Waals surface area contributed by atoms with Gasteiger partial charge in [0.1, 0.15) is 0 Å². The average Bonchev–Trinajstić information content (AvgIpc) is 1.85. The van der Waals surface area contributed by atoms with Crippen LogP contribution in [0.5, 0.6) is 0 Å². The van der Waals surface area contributed by atoms with Crippen LogP contribution >= 0.6 is 23.5 Å². The van der Waals surface area contributed by atoms with E-state index in [-0.39, 0.29) is 10.2 Å². The van der Waals surface area contributed by atoms with Crippen molar-refractivity contribution >= 4 is 33.9 Å². The number of hydrogen-bond donors (Lipinski definition) is 1. The molecule has 0 aliphatic heterocycles. The van der Waals surface area contributed by atoms with Crippen molar-refractivity contribution in [2.75, 3.05) is 11.5 Å². The van der Waals surface area contributed by atoms with Crippen LogP contribution in [0.1, 0.15) is 6.92 Å². The summed E-state index contributed by atoms with van der Waals surface area (Å²) in [6.07, 6.45) is 0. The lowest BCUT2D eigenvalue weighted by Crippen LogP contribution is -2.13. The highest BCUT2D eigenvalue weighted by atomic mass is 32.2. The van der Waals surface area contributed by atoms with Crippen LogP contribution in [-0.2, 0) is 4.79 Å². The Bertz CT molecular complexity index is 138. The molecule has 0 aromatic heterocycles. The quantitative estimate of drug-likeness (QED) is 0.704. The Morgan fingerprint density at radius 1 is 1.40 bits per heavy atom. The zero-order valence-corrected chi connectivity index (χ0v) is 7.26. The largest absolute Gasteiger partial charge is 0.369 e. The molecular formula is C5H9NO2S2. The molecule has 0 rings (SSSR count). The van der Waals surface area contributed by atoms with E-state index < -0.39 is 5.91 Å². The summed E-state index contributed by atoms with van der Waals surface area (Å²) < 4.78 is -0.0405. The molecule has 0 radical (unpaired) electrons. The fourth-order valence-electron chi connectivity index (χ4n) is 0.290. The summed E-state index contributed by atoms with van der Waals surface area (Å²) in [6.45, 7) is 1.88. The maximum absolute atomic E-state index is 10.7. The smallest absolute Gasteiger partial charge is 0.246 e. The first-order valence-electron chi connectivity index (χ1n) is 2.74. The van der Waals surface area contributed by atoms with Crippen molar-refractivity contribution < 1.29 is 9.59 Å². The van der Waals surface area contributed by atoms with Crippen LogP contribution in [0, 0.1) is 0 Å². The topological polar surface area (TPSA) is 60.2 Å². The summed E-state index contributed by atoms with van der Waals surface area (Å²) in [5, 5.41) is 0. The summed E-state index contributed by atoms with van der Waals surface area (Å²) in [4.78, 5) is 20.8. The SMILES string of the molecule is CCSC(=O)SCC(N)=O. The third kappa shape index (κ3) is 5.97. The van der Waals surface area contributed by atoms with Gasteiger partial charge in [0.15, 0.2) is 0 Å². The van der Waals surface area contributed by atoms with E-state index in [0.29, 0.717) is 0 Å². The lowest BCUT2D eigenvalue weighted by molar-refractivity contribution is -0.115. The normalized spacial score (nSPS) is 9.30.